The van der Waals surface area contributed by atoms with Crippen molar-refractivity contribution >= 4 is 20.0 Å². The zero-order chi connectivity index (χ0) is 19.3. The summed E-state index contributed by atoms with van der Waals surface area (Å²) in [4.78, 5) is 0.110. The first kappa shape index (κ1) is 21.9. The van der Waals surface area contributed by atoms with Crippen LogP contribution in [0.25, 0.3) is 0 Å². The van der Waals surface area contributed by atoms with Crippen LogP contribution in [0.1, 0.15) is 27.7 Å². The molecule has 0 saturated carbocycles. The van der Waals surface area contributed by atoms with Crippen LogP contribution in [-0.2, 0) is 20.0 Å². The van der Waals surface area contributed by atoms with E-state index in [1.54, 1.807) is 12.1 Å². The highest BCUT2D eigenvalue weighted by molar-refractivity contribution is 7.89. The minimum Gasteiger partial charge on any atom is -0.491 e. The second-order valence-electron chi connectivity index (χ2n) is 6.55. The standard InChI is InChI=1S/C16H28N2O5S2/c1-13(2)12-18(24(5,19)20)11-10-17-25(21,22)16-8-6-15(7-9-16)23-14(3)4/h6-9,13-14,17H,10-12H2,1-5H3. The Morgan fingerprint density at radius 2 is 1.60 bits per heavy atom. The second kappa shape index (κ2) is 8.98. The average Bonchev–Trinajstić information content (AvgIpc) is 2.44. The minimum absolute atomic E-state index is 0.00325. The molecule has 0 aliphatic carbocycles. The van der Waals surface area contributed by atoms with Crippen LogP contribution in [0.2, 0.25) is 0 Å². The zero-order valence-corrected chi connectivity index (χ0v) is 17.0. The van der Waals surface area contributed by atoms with Crippen molar-refractivity contribution in [2.75, 3.05) is 25.9 Å². The maximum absolute atomic E-state index is 12.3. The summed E-state index contributed by atoms with van der Waals surface area (Å²) in [5.74, 6) is 0.744. The highest BCUT2D eigenvalue weighted by Gasteiger charge is 2.19. The zero-order valence-electron chi connectivity index (χ0n) is 15.4. The number of ether oxygens (including phenoxy) is 1. The molecular formula is C16H28N2O5S2. The Bertz CT molecular complexity index is 741. The summed E-state index contributed by atoms with van der Waals surface area (Å²) in [6, 6.07) is 6.11. The van der Waals surface area contributed by atoms with E-state index in [0.717, 1.165) is 6.26 Å². The molecule has 0 aliphatic heterocycles. The number of nitrogens with zero attached hydrogens (tertiary/aromatic N) is 1. The van der Waals surface area contributed by atoms with E-state index >= 15 is 0 Å². The number of benzene rings is 1. The summed E-state index contributed by atoms with van der Waals surface area (Å²) < 4.78 is 57.3. The molecule has 0 amide bonds. The third-order valence-corrected chi connectivity index (χ3v) is 5.94. The smallest absolute Gasteiger partial charge is 0.240 e. The van der Waals surface area contributed by atoms with Crippen LogP contribution in [0, 0.1) is 5.92 Å². The summed E-state index contributed by atoms with van der Waals surface area (Å²) >= 11 is 0. The number of hydrogen-bond acceptors (Lipinski definition) is 5. The van der Waals surface area contributed by atoms with Gasteiger partial charge in [0.1, 0.15) is 5.75 Å². The van der Waals surface area contributed by atoms with E-state index in [0.29, 0.717) is 12.3 Å². The largest absolute Gasteiger partial charge is 0.491 e. The molecule has 1 N–H and O–H groups in total. The molecule has 0 radical (unpaired) electrons. The van der Waals surface area contributed by atoms with E-state index in [2.05, 4.69) is 4.72 Å². The molecule has 9 heteroatoms. The lowest BCUT2D eigenvalue weighted by Crippen LogP contribution is -2.39. The number of hydrogen-bond donors (Lipinski definition) is 1. The van der Waals surface area contributed by atoms with Gasteiger partial charge in [0.2, 0.25) is 20.0 Å². The molecule has 0 aliphatic rings. The molecule has 0 heterocycles. The van der Waals surface area contributed by atoms with Crippen molar-refractivity contribution in [3.63, 3.8) is 0 Å². The maximum Gasteiger partial charge on any atom is 0.240 e. The molecule has 144 valence electrons. The van der Waals surface area contributed by atoms with Gasteiger partial charge in [-0.05, 0) is 44.0 Å². The fraction of sp³-hybridized carbons (Fsp3) is 0.625. The third-order valence-electron chi connectivity index (χ3n) is 3.20. The summed E-state index contributed by atoms with van der Waals surface area (Å²) in [6.45, 7) is 8.03. The number of nitrogens with one attached hydrogen (secondary N) is 1. The van der Waals surface area contributed by atoms with Gasteiger partial charge >= 0.3 is 0 Å². The lowest BCUT2D eigenvalue weighted by molar-refractivity contribution is 0.242. The van der Waals surface area contributed by atoms with Crippen LogP contribution in [-0.4, -0.2) is 53.1 Å². The predicted octanol–water partition coefficient (Wildman–Crippen LogP) is 1.67. The molecule has 7 nitrogen and oxygen atoms in total. The number of rotatable bonds is 10. The molecule has 0 saturated heterocycles. The van der Waals surface area contributed by atoms with Gasteiger partial charge in [-0.15, -0.1) is 0 Å². The SMILES string of the molecule is CC(C)CN(CCNS(=O)(=O)c1ccc(OC(C)C)cc1)S(C)(=O)=O. The highest BCUT2D eigenvalue weighted by Crippen LogP contribution is 2.17. The lowest BCUT2D eigenvalue weighted by Gasteiger charge is -2.22. The van der Waals surface area contributed by atoms with Gasteiger partial charge in [-0.1, -0.05) is 13.8 Å². The predicted molar refractivity (Wildman–Crippen MR) is 98.6 cm³/mol. The Kier molecular flexibility index (Phi) is 7.86. The van der Waals surface area contributed by atoms with Crippen molar-refractivity contribution in [2.24, 2.45) is 5.92 Å². The molecule has 0 atom stereocenters. The van der Waals surface area contributed by atoms with Crippen LogP contribution < -0.4 is 9.46 Å². The Hall–Kier alpha value is -1.16. The molecule has 0 unspecified atom stereocenters. The summed E-state index contributed by atoms with van der Waals surface area (Å²) in [7, 11) is -7.08. The summed E-state index contributed by atoms with van der Waals surface area (Å²) in [5.41, 5.74) is 0. The van der Waals surface area contributed by atoms with Gasteiger partial charge in [0.15, 0.2) is 0 Å². The molecule has 1 rings (SSSR count). The van der Waals surface area contributed by atoms with Crippen LogP contribution in [0.4, 0.5) is 0 Å². The van der Waals surface area contributed by atoms with Crippen molar-refractivity contribution in [1.29, 1.82) is 0 Å². The van der Waals surface area contributed by atoms with Gasteiger partial charge < -0.3 is 4.74 Å². The molecular weight excluding hydrogens is 364 g/mol. The van der Waals surface area contributed by atoms with Crippen LogP contribution in [0.3, 0.4) is 0 Å². The van der Waals surface area contributed by atoms with Gasteiger partial charge in [0, 0.05) is 19.6 Å². The van der Waals surface area contributed by atoms with Crippen LogP contribution in [0.15, 0.2) is 29.2 Å². The Morgan fingerprint density at radius 3 is 2.04 bits per heavy atom. The van der Waals surface area contributed by atoms with E-state index in [1.807, 2.05) is 27.7 Å². The van der Waals surface area contributed by atoms with Crippen LogP contribution in [0.5, 0.6) is 5.75 Å². The molecule has 0 bridgehead atoms. The fourth-order valence-electron chi connectivity index (χ4n) is 2.16. The molecule has 0 fully saturated rings. The van der Waals surface area contributed by atoms with Gasteiger partial charge in [0.25, 0.3) is 0 Å². The molecule has 25 heavy (non-hydrogen) atoms. The van der Waals surface area contributed by atoms with E-state index in [4.69, 9.17) is 4.74 Å². The fourth-order valence-corrected chi connectivity index (χ4v) is 4.17. The van der Waals surface area contributed by atoms with E-state index in [9.17, 15) is 16.8 Å². The highest BCUT2D eigenvalue weighted by atomic mass is 32.2. The normalized spacial score (nSPS) is 13.0. The number of sulfonamides is 2. The van der Waals surface area contributed by atoms with E-state index < -0.39 is 20.0 Å². The van der Waals surface area contributed by atoms with Crippen molar-refractivity contribution in [2.45, 2.75) is 38.7 Å². The molecule has 1 aromatic rings. The third kappa shape index (κ3) is 7.72. The average molecular weight is 393 g/mol. The van der Waals surface area contributed by atoms with Crippen molar-refractivity contribution in [3.05, 3.63) is 24.3 Å². The van der Waals surface area contributed by atoms with Crippen LogP contribution >= 0.6 is 0 Å². The Labute approximate surface area is 151 Å². The second-order valence-corrected chi connectivity index (χ2v) is 10.3. The lowest BCUT2D eigenvalue weighted by atomic mass is 10.2. The first-order chi connectivity index (χ1) is 11.4. The van der Waals surface area contributed by atoms with Crippen molar-refractivity contribution < 1.29 is 21.6 Å². The first-order valence-corrected chi connectivity index (χ1v) is 11.5. The van der Waals surface area contributed by atoms with Gasteiger partial charge in [-0.25, -0.2) is 25.9 Å². The Morgan fingerprint density at radius 1 is 1.04 bits per heavy atom. The summed E-state index contributed by atoms with van der Waals surface area (Å²) in [5, 5.41) is 0. The van der Waals surface area contributed by atoms with E-state index in [-0.39, 0.29) is 30.0 Å². The van der Waals surface area contributed by atoms with Gasteiger partial charge in [-0.3, -0.25) is 0 Å². The van der Waals surface area contributed by atoms with Gasteiger partial charge in [0.05, 0.1) is 17.3 Å². The molecule has 1 aromatic carbocycles. The van der Waals surface area contributed by atoms with Gasteiger partial charge in [-0.2, -0.15) is 0 Å². The van der Waals surface area contributed by atoms with E-state index in [1.165, 1.54) is 16.4 Å². The topological polar surface area (TPSA) is 92.8 Å². The monoisotopic (exact) mass is 392 g/mol. The van der Waals surface area contributed by atoms with Crippen molar-refractivity contribution in [3.8, 4) is 5.75 Å². The summed E-state index contributed by atoms with van der Waals surface area (Å²) in [6.07, 6.45) is 1.13. The Balaban J connectivity index is 2.71. The molecule has 0 spiro atoms. The maximum atomic E-state index is 12.3. The van der Waals surface area contributed by atoms with Crippen molar-refractivity contribution in [1.82, 2.24) is 9.03 Å². The minimum atomic E-state index is -3.70. The quantitative estimate of drug-likeness (QED) is 0.654. The first-order valence-electron chi connectivity index (χ1n) is 8.13. The molecule has 0 aromatic heterocycles.